The average Bonchev–Trinajstić information content (AvgIpc) is 3.19. The maximum Gasteiger partial charge on any atom is 0.119 e. The molecule has 20 heavy (non-hydrogen) atoms. The highest BCUT2D eigenvalue weighted by molar-refractivity contribution is 5.27. The molecule has 1 heterocycles. The standard InChI is InChI=1S/C17H26N2O/c1-2-20-17-9-5-14(6-10-17)12-19(16-7-8-16)13-15-4-3-11-18-15/h5-6,9-10,15-16,18H,2-4,7-8,11-13H2,1H3. The molecule has 1 aliphatic heterocycles. The van der Waals surface area contributed by atoms with Gasteiger partial charge in [0.2, 0.25) is 0 Å². The van der Waals surface area contributed by atoms with Crippen LogP contribution in [0.1, 0.15) is 38.2 Å². The van der Waals surface area contributed by atoms with Crippen LogP contribution in [0.15, 0.2) is 24.3 Å². The minimum atomic E-state index is 0.707. The van der Waals surface area contributed by atoms with E-state index in [0.29, 0.717) is 6.04 Å². The first-order valence-electron chi connectivity index (χ1n) is 8.04. The zero-order valence-electron chi connectivity index (χ0n) is 12.5. The third-order valence-electron chi connectivity index (χ3n) is 4.30. The summed E-state index contributed by atoms with van der Waals surface area (Å²) in [6.45, 7) is 6.25. The van der Waals surface area contributed by atoms with Crippen LogP contribution in [-0.2, 0) is 6.54 Å². The summed E-state index contributed by atoms with van der Waals surface area (Å²) < 4.78 is 5.51. The minimum Gasteiger partial charge on any atom is -0.494 e. The molecule has 1 N–H and O–H groups in total. The Hall–Kier alpha value is -1.06. The molecular formula is C17H26N2O. The second-order valence-electron chi connectivity index (χ2n) is 6.03. The van der Waals surface area contributed by atoms with Crippen LogP contribution in [0.4, 0.5) is 0 Å². The fourth-order valence-electron chi connectivity index (χ4n) is 3.07. The molecule has 1 unspecified atom stereocenters. The lowest BCUT2D eigenvalue weighted by molar-refractivity contribution is 0.231. The summed E-state index contributed by atoms with van der Waals surface area (Å²) in [6, 6.07) is 10.1. The molecule has 0 bridgehead atoms. The quantitative estimate of drug-likeness (QED) is 0.827. The number of rotatable bonds is 7. The summed E-state index contributed by atoms with van der Waals surface area (Å²) in [5.41, 5.74) is 1.40. The van der Waals surface area contributed by atoms with Gasteiger partial charge in [-0.3, -0.25) is 4.90 Å². The highest BCUT2D eigenvalue weighted by atomic mass is 16.5. The van der Waals surface area contributed by atoms with E-state index in [1.807, 2.05) is 6.92 Å². The van der Waals surface area contributed by atoms with E-state index in [-0.39, 0.29) is 0 Å². The lowest BCUT2D eigenvalue weighted by Gasteiger charge is -2.25. The molecule has 0 amide bonds. The lowest BCUT2D eigenvalue weighted by Crippen LogP contribution is -2.38. The summed E-state index contributed by atoms with van der Waals surface area (Å²) in [4.78, 5) is 2.67. The number of hydrogen-bond donors (Lipinski definition) is 1. The summed E-state index contributed by atoms with van der Waals surface area (Å²) in [5, 5.41) is 3.62. The molecule has 110 valence electrons. The molecule has 1 atom stereocenters. The van der Waals surface area contributed by atoms with Crippen molar-refractivity contribution >= 4 is 0 Å². The Bertz CT molecular complexity index is 408. The number of nitrogens with one attached hydrogen (secondary N) is 1. The normalized spacial score (nSPS) is 22.4. The number of nitrogens with zero attached hydrogens (tertiary/aromatic N) is 1. The Labute approximate surface area is 122 Å². The van der Waals surface area contributed by atoms with Crippen molar-refractivity contribution in [1.29, 1.82) is 0 Å². The number of benzene rings is 1. The Morgan fingerprint density at radius 2 is 2.00 bits per heavy atom. The van der Waals surface area contributed by atoms with E-state index in [2.05, 4.69) is 34.5 Å². The molecule has 1 aromatic carbocycles. The molecule has 1 aliphatic carbocycles. The summed E-state index contributed by atoms with van der Waals surface area (Å²) in [6.07, 6.45) is 5.44. The second-order valence-corrected chi connectivity index (χ2v) is 6.03. The first-order chi connectivity index (χ1) is 9.85. The van der Waals surface area contributed by atoms with Crippen molar-refractivity contribution in [1.82, 2.24) is 10.2 Å². The highest BCUT2D eigenvalue weighted by Gasteiger charge is 2.31. The van der Waals surface area contributed by atoms with Crippen LogP contribution >= 0.6 is 0 Å². The van der Waals surface area contributed by atoms with Crippen LogP contribution in [0, 0.1) is 0 Å². The van der Waals surface area contributed by atoms with Gasteiger partial charge < -0.3 is 10.1 Å². The predicted octanol–water partition coefficient (Wildman–Crippen LogP) is 2.80. The van der Waals surface area contributed by atoms with Crippen molar-refractivity contribution < 1.29 is 4.74 Å². The molecule has 2 aliphatic rings. The van der Waals surface area contributed by atoms with E-state index in [0.717, 1.165) is 24.9 Å². The maximum atomic E-state index is 5.51. The average molecular weight is 274 g/mol. The van der Waals surface area contributed by atoms with Gasteiger partial charge >= 0.3 is 0 Å². The SMILES string of the molecule is CCOc1ccc(CN(CC2CCCN2)C2CC2)cc1. The van der Waals surface area contributed by atoms with Crippen molar-refractivity contribution in [3.05, 3.63) is 29.8 Å². The Kier molecular flexibility index (Phi) is 4.58. The molecule has 0 aromatic heterocycles. The molecule has 1 saturated heterocycles. The van der Waals surface area contributed by atoms with Crippen molar-refractivity contribution in [2.75, 3.05) is 19.7 Å². The van der Waals surface area contributed by atoms with Crippen molar-refractivity contribution in [3.63, 3.8) is 0 Å². The summed E-state index contributed by atoms with van der Waals surface area (Å²) in [7, 11) is 0. The van der Waals surface area contributed by atoms with E-state index >= 15 is 0 Å². The van der Waals surface area contributed by atoms with E-state index in [1.54, 1.807) is 0 Å². The van der Waals surface area contributed by atoms with Crippen molar-refractivity contribution in [2.24, 2.45) is 0 Å². The number of hydrogen-bond acceptors (Lipinski definition) is 3. The molecular weight excluding hydrogens is 248 g/mol. The van der Waals surface area contributed by atoms with Gasteiger partial charge in [0.15, 0.2) is 0 Å². The van der Waals surface area contributed by atoms with Crippen molar-refractivity contribution in [3.8, 4) is 5.75 Å². The number of ether oxygens (including phenoxy) is 1. The Balaban J connectivity index is 1.57. The molecule has 3 nitrogen and oxygen atoms in total. The first-order valence-corrected chi connectivity index (χ1v) is 8.04. The molecule has 1 aromatic rings. The maximum absolute atomic E-state index is 5.51. The van der Waals surface area contributed by atoms with Crippen molar-refractivity contribution in [2.45, 2.75) is 51.2 Å². The van der Waals surface area contributed by atoms with Gasteiger partial charge in [0.05, 0.1) is 6.61 Å². The molecule has 1 saturated carbocycles. The van der Waals surface area contributed by atoms with Crippen LogP contribution in [-0.4, -0.2) is 36.7 Å². The van der Waals surface area contributed by atoms with Gasteiger partial charge in [0.1, 0.15) is 5.75 Å². The Morgan fingerprint density at radius 3 is 2.60 bits per heavy atom. The largest absolute Gasteiger partial charge is 0.494 e. The second kappa shape index (κ2) is 6.59. The molecule has 3 rings (SSSR count). The summed E-state index contributed by atoms with van der Waals surface area (Å²) in [5.74, 6) is 0.978. The lowest BCUT2D eigenvalue weighted by atomic mass is 10.1. The van der Waals surface area contributed by atoms with Crippen LogP contribution in [0.25, 0.3) is 0 Å². The molecule has 2 fully saturated rings. The van der Waals surface area contributed by atoms with Crippen LogP contribution in [0.2, 0.25) is 0 Å². The van der Waals surface area contributed by atoms with E-state index < -0.39 is 0 Å². The van der Waals surface area contributed by atoms with Crippen LogP contribution < -0.4 is 10.1 Å². The summed E-state index contributed by atoms with van der Waals surface area (Å²) >= 11 is 0. The molecule has 0 spiro atoms. The first kappa shape index (κ1) is 13.9. The smallest absolute Gasteiger partial charge is 0.119 e. The zero-order valence-corrected chi connectivity index (χ0v) is 12.5. The van der Waals surface area contributed by atoms with Gasteiger partial charge in [-0.25, -0.2) is 0 Å². The van der Waals surface area contributed by atoms with Gasteiger partial charge in [-0.05, 0) is 56.8 Å². The Morgan fingerprint density at radius 1 is 1.20 bits per heavy atom. The predicted molar refractivity (Wildman–Crippen MR) is 82.1 cm³/mol. The van der Waals surface area contributed by atoms with Gasteiger partial charge in [0, 0.05) is 25.2 Å². The van der Waals surface area contributed by atoms with E-state index in [4.69, 9.17) is 4.74 Å². The topological polar surface area (TPSA) is 24.5 Å². The monoisotopic (exact) mass is 274 g/mol. The third-order valence-corrected chi connectivity index (χ3v) is 4.30. The van der Waals surface area contributed by atoms with Crippen LogP contribution in [0.3, 0.4) is 0 Å². The van der Waals surface area contributed by atoms with Gasteiger partial charge in [-0.15, -0.1) is 0 Å². The fraction of sp³-hybridized carbons (Fsp3) is 0.647. The van der Waals surface area contributed by atoms with Gasteiger partial charge in [-0.1, -0.05) is 12.1 Å². The van der Waals surface area contributed by atoms with Gasteiger partial charge in [-0.2, -0.15) is 0 Å². The fourth-order valence-corrected chi connectivity index (χ4v) is 3.07. The van der Waals surface area contributed by atoms with E-state index in [1.165, 1.54) is 44.3 Å². The molecule has 0 radical (unpaired) electrons. The van der Waals surface area contributed by atoms with Gasteiger partial charge in [0.25, 0.3) is 0 Å². The van der Waals surface area contributed by atoms with E-state index in [9.17, 15) is 0 Å². The zero-order chi connectivity index (χ0) is 13.8. The molecule has 3 heteroatoms. The third kappa shape index (κ3) is 3.74. The van der Waals surface area contributed by atoms with Crippen LogP contribution in [0.5, 0.6) is 5.75 Å². The minimum absolute atomic E-state index is 0.707. The highest BCUT2D eigenvalue weighted by Crippen LogP contribution is 2.29.